The Balaban J connectivity index is 2.83. The smallest absolute Gasteiger partial charge is 0.140 e. The second-order valence-electron chi connectivity index (χ2n) is 2.24. The summed E-state index contributed by atoms with van der Waals surface area (Å²) in [7, 11) is 0. The Kier molecular flexibility index (Phi) is 3.99. The number of benzene rings is 1. The molecule has 0 fully saturated rings. The molecule has 0 atom stereocenters. The lowest BCUT2D eigenvalue weighted by Crippen LogP contribution is -1.98. The van der Waals surface area contributed by atoms with Gasteiger partial charge in [-0.25, -0.2) is 0 Å². The largest absolute Gasteiger partial charge is 0.491 e. The molecule has 0 aliphatic heterocycles. The standard InChI is InChI=1S/C8H7Cl2NO2/c9-3-4-13-8-5-6(11-12)1-2-7(8)10/h1-2,5H,3-4H2. The van der Waals surface area contributed by atoms with Crippen LogP contribution in [0.2, 0.25) is 5.02 Å². The first-order chi connectivity index (χ1) is 6.27. The van der Waals surface area contributed by atoms with Crippen molar-refractivity contribution in [1.29, 1.82) is 0 Å². The van der Waals surface area contributed by atoms with Gasteiger partial charge in [0.25, 0.3) is 0 Å². The predicted octanol–water partition coefficient (Wildman–Crippen LogP) is 3.36. The van der Waals surface area contributed by atoms with Crippen LogP contribution in [0.4, 0.5) is 5.69 Å². The molecule has 70 valence electrons. The van der Waals surface area contributed by atoms with E-state index in [1.54, 1.807) is 6.07 Å². The SMILES string of the molecule is O=Nc1ccc(Cl)c(OCCCl)c1. The van der Waals surface area contributed by atoms with Crippen molar-refractivity contribution in [3.05, 3.63) is 28.1 Å². The minimum atomic E-state index is 0.286. The molecule has 0 amide bonds. The third kappa shape index (κ3) is 2.86. The van der Waals surface area contributed by atoms with E-state index in [1.165, 1.54) is 12.1 Å². The molecule has 0 unspecified atom stereocenters. The van der Waals surface area contributed by atoms with Crippen LogP contribution in [-0.4, -0.2) is 12.5 Å². The first kappa shape index (κ1) is 10.3. The molecule has 0 spiro atoms. The summed E-state index contributed by atoms with van der Waals surface area (Å²) in [6.07, 6.45) is 0. The highest BCUT2D eigenvalue weighted by Gasteiger charge is 2.02. The number of nitroso groups, excluding NO2 is 1. The Labute approximate surface area is 85.6 Å². The number of hydrogen-bond acceptors (Lipinski definition) is 3. The fourth-order valence-corrected chi connectivity index (χ4v) is 1.06. The van der Waals surface area contributed by atoms with Gasteiger partial charge in [-0.15, -0.1) is 16.5 Å². The maximum absolute atomic E-state index is 10.2. The number of alkyl halides is 1. The maximum atomic E-state index is 10.2. The van der Waals surface area contributed by atoms with Crippen LogP contribution in [-0.2, 0) is 0 Å². The summed E-state index contributed by atoms with van der Waals surface area (Å²) in [5.74, 6) is 0.800. The molecule has 1 rings (SSSR count). The number of ether oxygens (including phenoxy) is 1. The molecule has 1 aromatic carbocycles. The van der Waals surface area contributed by atoms with Gasteiger partial charge in [0, 0.05) is 6.07 Å². The lowest BCUT2D eigenvalue weighted by atomic mass is 10.3. The van der Waals surface area contributed by atoms with E-state index < -0.39 is 0 Å². The molecule has 0 aliphatic rings. The molecule has 0 heterocycles. The van der Waals surface area contributed by atoms with E-state index in [4.69, 9.17) is 27.9 Å². The molecule has 0 saturated carbocycles. The normalized spacial score (nSPS) is 9.69. The summed E-state index contributed by atoms with van der Waals surface area (Å²) in [5.41, 5.74) is 0.286. The fourth-order valence-electron chi connectivity index (χ4n) is 0.808. The van der Waals surface area contributed by atoms with Gasteiger partial charge >= 0.3 is 0 Å². The minimum Gasteiger partial charge on any atom is -0.491 e. The summed E-state index contributed by atoms with van der Waals surface area (Å²) < 4.78 is 5.17. The molecule has 0 radical (unpaired) electrons. The molecule has 0 aromatic heterocycles. The first-order valence-electron chi connectivity index (χ1n) is 3.59. The highest BCUT2D eigenvalue weighted by molar-refractivity contribution is 6.32. The summed E-state index contributed by atoms with van der Waals surface area (Å²) in [6, 6.07) is 4.55. The van der Waals surface area contributed by atoms with Crippen LogP contribution < -0.4 is 4.74 Å². The van der Waals surface area contributed by atoms with Gasteiger partial charge in [-0.3, -0.25) is 0 Å². The number of hydrogen-bond donors (Lipinski definition) is 0. The second-order valence-corrected chi connectivity index (χ2v) is 3.03. The van der Waals surface area contributed by atoms with Crippen LogP contribution in [0, 0.1) is 4.91 Å². The van der Waals surface area contributed by atoms with Crippen LogP contribution in [0.3, 0.4) is 0 Å². The van der Waals surface area contributed by atoms with E-state index in [1.807, 2.05) is 0 Å². The second kappa shape index (κ2) is 5.04. The zero-order valence-electron chi connectivity index (χ0n) is 6.67. The quantitative estimate of drug-likeness (QED) is 0.576. The van der Waals surface area contributed by atoms with Crippen LogP contribution in [0.15, 0.2) is 23.4 Å². The van der Waals surface area contributed by atoms with Gasteiger partial charge in [0.15, 0.2) is 0 Å². The third-order valence-electron chi connectivity index (χ3n) is 1.35. The van der Waals surface area contributed by atoms with Gasteiger partial charge in [-0.1, -0.05) is 11.6 Å². The molecule has 0 N–H and O–H groups in total. The van der Waals surface area contributed by atoms with Gasteiger partial charge in [0.1, 0.15) is 18.0 Å². The van der Waals surface area contributed by atoms with Crippen molar-refractivity contribution in [3.8, 4) is 5.75 Å². The van der Waals surface area contributed by atoms with Gasteiger partial charge in [0.05, 0.1) is 10.9 Å². The Hall–Kier alpha value is -0.800. The van der Waals surface area contributed by atoms with Gasteiger partial charge < -0.3 is 4.74 Å². The minimum absolute atomic E-state index is 0.286. The highest BCUT2D eigenvalue weighted by Crippen LogP contribution is 2.28. The number of nitrogens with zero attached hydrogens (tertiary/aromatic N) is 1. The van der Waals surface area contributed by atoms with E-state index in [0.717, 1.165) is 0 Å². The monoisotopic (exact) mass is 219 g/mol. The molecular formula is C8H7Cl2NO2. The van der Waals surface area contributed by atoms with Crippen molar-refractivity contribution >= 4 is 28.9 Å². The van der Waals surface area contributed by atoms with Crippen molar-refractivity contribution in [2.45, 2.75) is 0 Å². The zero-order chi connectivity index (χ0) is 9.68. The van der Waals surface area contributed by atoms with Crippen molar-refractivity contribution in [3.63, 3.8) is 0 Å². The van der Waals surface area contributed by atoms with Crippen molar-refractivity contribution in [2.75, 3.05) is 12.5 Å². The van der Waals surface area contributed by atoms with E-state index >= 15 is 0 Å². The molecule has 5 heteroatoms. The average molecular weight is 220 g/mol. The summed E-state index contributed by atoms with van der Waals surface area (Å²) >= 11 is 11.2. The molecule has 0 aliphatic carbocycles. The topological polar surface area (TPSA) is 38.7 Å². The lowest BCUT2D eigenvalue weighted by molar-refractivity contribution is 0.343. The third-order valence-corrected chi connectivity index (χ3v) is 1.82. The van der Waals surface area contributed by atoms with E-state index in [9.17, 15) is 4.91 Å². The average Bonchev–Trinajstić information content (AvgIpc) is 2.17. The van der Waals surface area contributed by atoms with Crippen LogP contribution in [0.25, 0.3) is 0 Å². The maximum Gasteiger partial charge on any atom is 0.140 e. The van der Waals surface area contributed by atoms with Crippen molar-refractivity contribution in [1.82, 2.24) is 0 Å². The van der Waals surface area contributed by atoms with Crippen LogP contribution in [0.5, 0.6) is 5.75 Å². The van der Waals surface area contributed by atoms with Crippen LogP contribution in [0.1, 0.15) is 0 Å². The van der Waals surface area contributed by atoms with Crippen LogP contribution >= 0.6 is 23.2 Å². The molecule has 0 saturated heterocycles. The summed E-state index contributed by atoms with van der Waals surface area (Å²) in [4.78, 5) is 10.2. The Bertz CT molecular complexity index is 304. The molecular weight excluding hydrogens is 213 g/mol. The predicted molar refractivity (Wildman–Crippen MR) is 53.1 cm³/mol. The lowest BCUT2D eigenvalue weighted by Gasteiger charge is -2.05. The van der Waals surface area contributed by atoms with Gasteiger partial charge in [0.2, 0.25) is 0 Å². The van der Waals surface area contributed by atoms with E-state index in [0.29, 0.717) is 23.3 Å². The highest BCUT2D eigenvalue weighted by atomic mass is 35.5. The Morgan fingerprint density at radius 1 is 1.46 bits per heavy atom. The number of rotatable bonds is 4. The molecule has 13 heavy (non-hydrogen) atoms. The van der Waals surface area contributed by atoms with Gasteiger partial charge in [-0.05, 0) is 17.3 Å². The first-order valence-corrected chi connectivity index (χ1v) is 4.51. The van der Waals surface area contributed by atoms with Crippen molar-refractivity contribution < 1.29 is 4.74 Å². The van der Waals surface area contributed by atoms with E-state index in [-0.39, 0.29) is 5.69 Å². The number of halogens is 2. The molecule has 0 bridgehead atoms. The van der Waals surface area contributed by atoms with Crippen molar-refractivity contribution in [2.24, 2.45) is 5.18 Å². The molecule has 3 nitrogen and oxygen atoms in total. The van der Waals surface area contributed by atoms with E-state index in [2.05, 4.69) is 5.18 Å². The van der Waals surface area contributed by atoms with Gasteiger partial charge in [-0.2, -0.15) is 0 Å². The summed E-state index contributed by atoms with van der Waals surface area (Å²) in [5, 5.41) is 3.20. The Morgan fingerprint density at radius 3 is 2.85 bits per heavy atom. The molecule has 1 aromatic rings. The fraction of sp³-hybridized carbons (Fsp3) is 0.250. The summed E-state index contributed by atoms with van der Waals surface area (Å²) in [6.45, 7) is 0.351. The Morgan fingerprint density at radius 2 is 2.23 bits per heavy atom. The zero-order valence-corrected chi connectivity index (χ0v) is 8.18.